The number of nitrogens with zero attached hydrogens (tertiary/aromatic N) is 3. The second-order valence-electron chi connectivity index (χ2n) is 6.81. The molecule has 1 aliphatic rings. The number of carbonyl (C=O) groups excluding carboxylic acids is 1. The molecule has 1 fully saturated rings. The lowest BCUT2D eigenvalue weighted by molar-refractivity contribution is -0.121. The standard InChI is InChI=1S/C19H25FN4O2/c1-14-11-22-24(13-14)9-6-19(26)21-12-15-2-3-18(17(20)10-15)23-7-4-16(25)5-8-23/h2-3,10-11,13,16,25H,4-9,12H2,1H3,(H,21,26). The van der Waals surface area contributed by atoms with Crippen molar-refractivity contribution in [3.8, 4) is 0 Å². The van der Waals surface area contributed by atoms with Crippen molar-refractivity contribution in [3.63, 3.8) is 0 Å². The summed E-state index contributed by atoms with van der Waals surface area (Å²) in [6.07, 6.45) is 5.01. The number of halogens is 1. The van der Waals surface area contributed by atoms with Crippen LogP contribution in [-0.2, 0) is 17.9 Å². The summed E-state index contributed by atoms with van der Waals surface area (Å²) < 4.78 is 16.1. The van der Waals surface area contributed by atoms with E-state index in [9.17, 15) is 14.3 Å². The number of aryl methyl sites for hydroxylation is 2. The van der Waals surface area contributed by atoms with E-state index in [2.05, 4.69) is 10.4 Å². The first-order valence-electron chi connectivity index (χ1n) is 8.98. The fourth-order valence-electron chi connectivity index (χ4n) is 3.12. The monoisotopic (exact) mass is 360 g/mol. The molecule has 0 unspecified atom stereocenters. The van der Waals surface area contributed by atoms with E-state index in [4.69, 9.17) is 0 Å². The van der Waals surface area contributed by atoms with Crippen LogP contribution in [0.1, 0.15) is 30.4 Å². The predicted octanol–water partition coefficient (Wildman–Crippen LogP) is 2.00. The summed E-state index contributed by atoms with van der Waals surface area (Å²) in [4.78, 5) is 13.9. The minimum atomic E-state index is -0.292. The Bertz CT molecular complexity index is 754. The minimum absolute atomic E-state index is 0.0901. The van der Waals surface area contributed by atoms with E-state index in [1.165, 1.54) is 6.07 Å². The maximum atomic E-state index is 14.4. The SMILES string of the molecule is Cc1cnn(CCC(=O)NCc2ccc(N3CCC(O)CC3)c(F)c2)c1. The van der Waals surface area contributed by atoms with Gasteiger partial charge in [-0.05, 0) is 43.0 Å². The Morgan fingerprint density at radius 2 is 2.15 bits per heavy atom. The van der Waals surface area contributed by atoms with E-state index in [1.807, 2.05) is 24.1 Å². The van der Waals surface area contributed by atoms with Crippen LogP contribution < -0.4 is 10.2 Å². The number of rotatable bonds is 6. The maximum absolute atomic E-state index is 14.4. The number of hydrogen-bond donors (Lipinski definition) is 2. The summed E-state index contributed by atoms with van der Waals surface area (Å²) in [5, 5.41) is 16.5. The zero-order valence-electron chi connectivity index (χ0n) is 15.0. The summed E-state index contributed by atoms with van der Waals surface area (Å²) in [5.74, 6) is -0.382. The molecule has 3 rings (SSSR count). The molecule has 1 saturated heterocycles. The van der Waals surface area contributed by atoms with Crippen LogP contribution >= 0.6 is 0 Å². The summed E-state index contributed by atoms with van der Waals surface area (Å²) in [6.45, 7) is 4.08. The largest absolute Gasteiger partial charge is 0.393 e. The number of piperidine rings is 1. The third-order valence-electron chi connectivity index (χ3n) is 4.64. The number of nitrogens with one attached hydrogen (secondary N) is 1. The van der Waals surface area contributed by atoms with Crippen LogP contribution in [0, 0.1) is 12.7 Å². The molecule has 26 heavy (non-hydrogen) atoms. The Kier molecular flexibility index (Phi) is 5.88. The fourth-order valence-corrected chi connectivity index (χ4v) is 3.12. The van der Waals surface area contributed by atoms with E-state index < -0.39 is 0 Å². The number of aliphatic hydroxyl groups is 1. The molecule has 140 valence electrons. The second-order valence-corrected chi connectivity index (χ2v) is 6.81. The molecule has 1 aromatic carbocycles. The first-order chi connectivity index (χ1) is 12.5. The molecular formula is C19H25FN4O2. The topological polar surface area (TPSA) is 70.4 Å². The van der Waals surface area contributed by atoms with Crippen LogP contribution in [-0.4, -0.2) is 40.0 Å². The lowest BCUT2D eigenvalue weighted by atomic mass is 10.1. The van der Waals surface area contributed by atoms with Crippen molar-refractivity contribution in [3.05, 3.63) is 47.5 Å². The number of benzene rings is 1. The van der Waals surface area contributed by atoms with Gasteiger partial charge in [0.1, 0.15) is 5.82 Å². The average molecular weight is 360 g/mol. The predicted molar refractivity (Wildman–Crippen MR) is 97.3 cm³/mol. The first kappa shape index (κ1) is 18.4. The minimum Gasteiger partial charge on any atom is -0.393 e. The molecule has 1 amide bonds. The Hall–Kier alpha value is -2.41. The number of carbonyl (C=O) groups is 1. The van der Waals surface area contributed by atoms with Gasteiger partial charge in [-0.15, -0.1) is 0 Å². The van der Waals surface area contributed by atoms with Gasteiger partial charge in [-0.2, -0.15) is 5.10 Å². The normalized spacial score (nSPS) is 15.3. The summed E-state index contributed by atoms with van der Waals surface area (Å²) in [7, 11) is 0. The Labute approximate surface area is 152 Å². The van der Waals surface area contributed by atoms with Crippen LogP contribution in [0.3, 0.4) is 0 Å². The van der Waals surface area contributed by atoms with Crippen molar-refractivity contribution >= 4 is 11.6 Å². The summed E-state index contributed by atoms with van der Waals surface area (Å²) in [6, 6.07) is 5.05. The molecular weight excluding hydrogens is 335 g/mol. The van der Waals surface area contributed by atoms with E-state index >= 15 is 0 Å². The molecule has 0 saturated carbocycles. The second kappa shape index (κ2) is 8.31. The van der Waals surface area contributed by atoms with Crippen LogP contribution in [0.25, 0.3) is 0 Å². The molecule has 0 bridgehead atoms. The van der Waals surface area contributed by atoms with Gasteiger partial charge in [0.05, 0.1) is 18.0 Å². The van der Waals surface area contributed by atoms with Crippen molar-refractivity contribution in [2.45, 2.75) is 45.4 Å². The lowest BCUT2D eigenvalue weighted by Crippen LogP contribution is -2.36. The van der Waals surface area contributed by atoms with E-state index in [0.717, 1.165) is 11.1 Å². The highest BCUT2D eigenvalue weighted by Gasteiger charge is 2.19. The molecule has 0 radical (unpaired) electrons. The third kappa shape index (κ3) is 4.82. The summed E-state index contributed by atoms with van der Waals surface area (Å²) >= 11 is 0. The zero-order chi connectivity index (χ0) is 18.5. The number of aliphatic hydroxyl groups excluding tert-OH is 1. The highest BCUT2D eigenvalue weighted by molar-refractivity contribution is 5.75. The quantitative estimate of drug-likeness (QED) is 0.827. The number of hydrogen-bond acceptors (Lipinski definition) is 4. The van der Waals surface area contributed by atoms with Gasteiger partial charge >= 0.3 is 0 Å². The molecule has 1 aliphatic heterocycles. The maximum Gasteiger partial charge on any atom is 0.222 e. The van der Waals surface area contributed by atoms with Crippen molar-refractivity contribution in [2.24, 2.45) is 0 Å². The average Bonchev–Trinajstić information content (AvgIpc) is 3.04. The highest BCUT2D eigenvalue weighted by Crippen LogP contribution is 2.24. The Morgan fingerprint density at radius 3 is 2.81 bits per heavy atom. The van der Waals surface area contributed by atoms with Gasteiger partial charge in [-0.1, -0.05) is 6.07 Å². The summed E-state index contributed by atoms with van der Waals surface area (Å²) in [5.41, 5.74) is 2.34. The molecule has 7 heteroatoms. The van der Waals surface area contributed by atoms with Gasteiger partial charge in [0.15, 0.2) is 0 Å². The van der Waals surface area contributed by atoms with Crippen LogP contribution in [0.15, 0.2) is 30.6 Å². The lowest BCUT2D eigenvalue weighted by Gasteiger charge is -2.31. The zero-order valence-corrected chi connectivity index (χ0v) is 15.0. The van der Waals surface area contributed by atoms with E-state index in [-0.39, 0.29) is 17.8 Å². The highest BCUT2D eigenvalue weighted by atomic mass is 19.1. The molecule has 2 aromatic rings. The molecule has 0 aliphatic carbocycles. The van der Waals surface area contributed by atoms with Gasteiger partial charge in [0.2, 0.25) is 5.91 Å². The van der Waals surface area contributed by atoms with Gasteiger partial charge in [-0.25, -0.2) is 4.39 Å². The number of aromatic nitrogens is 2. The van der Waals surface area contributed by atoms with Crippen LogP contribution in [0.4, 0.5) is 10.1 Å². The van der Waals surface area contributed by atoms with Crippen molar-refractivity contribution in [1.29, 1.82) is 0 Å². The first-order valence-corrected chi connectivity index (χ1v) is 8.98. The molecule has 1 aromatic heterocycles. The number of anilines is 1. The van der Waals surface area contributed by atoms with E-state index in [0.29, 0.717) is 51.1 Å². The molecule has 0 atom stereocenters. The third-order valence-corrected chi connectivity index (χ3v) is 4.64. The Morgan fingerprint density at radius 1 is 1.38 bits per heavy atom. The van der Waals surface area contributed by atoms with Gasteiger partial charge in [0.25, 0.3) is 0 Å². The van der Waals surface area contributed by atoms with Gasteiger partial charge in [-0.3, -0.25) is 9.48 Å². The van der Waals surface area contributed by atoms with Crippen molar-refractivity contribution < 1.29 is 14.3 Å². The molecule has 0 spiro atoms. The van der Waals surface area contributed by atoms with Crippen molar-refractivity contribution in [2.75, 3.05) is 18.0 Å². The van der Waals surface area contributed by atoms with Gasteiger partial charge < -0.3 is 15.3 Å². The van der Waals surface area contributed by atoms with Crippen LogP contribution in [0.2, 0.25) is 0 Å². The molecule has 6 nitrogen and oxygen atoms in total. The number of amides is 1. The van der Waals surface area contributed by atoms with Crippen LogP contribution in [0.5, 0.6) is 0 Å². The fraction of sp³-hybridized carbons (Fsp3) is 0.474. The van der Waals surface area contributed by atoms with E-state index in [1.54, 1.807) is 16.9 Å². The van der Waals surface area contributed by atoms with Gasteiger partial charge in [0, 0.05) is 38.8 Å². The van der Waals surface area contributed by atoms with Crippen molar-refractivity contribution in [1.82, 2.24) is 15.1 Å². The smallest absolute Gasteiger partial charge is 0.222 e. The Balaban J connectivity index is 1.49. The molecule has 2 N–H and O–H groups in total. The molecule has 2 heterocycles.